The van der Waals surface area contributed by atoms with Crippen molar-refractivity contribution in [1.29, 1.82) is 0 Å². The highest BCUT2D eigenvalue weighted by atomic mass is 15.1. The Hall–Kier alpha value is -1.02. The van der Waals surface area contributed by atoms with Gasteiger partial charge in [-0.25, -0.2) is 0 Å². The lowest BCUT2D eigenvalue weighted by Gasteiger charge is -2.22. The van der Waals surface area contributed by atoms with Crippen LogP contribution < -0.4 is 10.6 Å². The van der Waals surface area contributed by atoms with Crippen LogP contribution in [-0.2, 0) is 6.54 Å². The predicted octanol–water partition coefficient (Wildman–Crippen LogP) is 2.05. The molecule has 1 aromatic carbocycles. The molecule has 1 aromatic rings. The van der Waals surface area contributed by atoms with Gasteiger partial charge in [-0.2, -0.15) is 0 Å². The standard InChI is InChI=1S/C12H18N2/c1-10-5-4-6-12(11(10)9-13)14-7-2-3-8-14/h4-6H,2-3,7-9,13H2,1H3. The minimum atomic E-state index is 0.651. The average Bonchev–Trinajstić information content (AvgIpc) is 2.70. The van der Waals surface area contributed by atoms with Crippen molar-refractivity contribution >= 4 is 5.69 Å². The largest absolute Gasteiger partial charge is 0.371 e. The summed E-state index contributed by atoms with van der Waals surface area (Å²) in [5.41, 5.74) is 9.78. The van der Waals surface area contributed by atoms with Gasteiger partial charge in [0.1, 0.15) is 0 Å². The van der Waals surface area contributed by atoms with Gasteiger partial charge in [0.15, 0.2) is 0 Å². The highest BCUT2D eigenvalue weighted by Crippen LogP contribution is 2.26. The number of nitrogens with two attached hydrogens (primary N) is 1. The summed E-state index contributed by atoms with van der Waals surface area (Å²) in [6.07, 6.45) is 2.63. The SMILES string of the molecule is Cc1cccc(N2CCCC2)c1CN. The number of aryl methyl sites for hydroxylation is 1. The third-order valence-corrected chi connectivity index (χ3v) is 3.04. The topological polar surface area (TPSA) is 29.3 Å². The van der Waals surface area contributed by atoms with E-state index in [4.69, 9.17) is 5.73 Å². The Morgan fingerprint density at radius 3 is 2.64 bits per heavy atom. The van der Waals surface area contributed by atoms with Gasteiger partial charge in [-0.05, 0) is 37.0 Å². The molecule has 1 saturated heterocycles. The highest BCUT2D eigenvalue weighted by molar-refractivity contribution is 5.57. The van der Waals surface area contributed by atoms with Gasteiger partial charge in [-0.15, -0.1) is 0 Å². The van der Waals surface area contributed by atoms with Crippen LogP contribution >= 0.6 is 0 Å². The van der Waals surface area contributed by atoms with Crippen molar-refractivity contribution in [3.8, 4) is 0 Å². The van der Waals surface area contributed by atoms with Crippen LogP contribution in [-0.4, -0.2) is 13.1 Å². The molecule has 0 unspecified atom stereocenters. The third kappa shape index (κ3) is 1.62. The molecule has 76 valence electrons. The molecule has 2 N–H and O–H groups in total. The summed E-state index contributed by atoms with van der Waals surface area (Å²) in [7, 11) is 0. The van der Waals surface area contributed by atoms with Crippen LogP contribution in [0.4, 0.5) is 5.69 Å². The van der Waals surface area contributed by atoms with E-state index in [9.17, 15) is 0 Å². The molecule has 0 spiro atoms. The van der Waals surface area contributed by atoms with Crippen LogP contribution in [0, 0.1) is 6.92 Å². The van der Waals surface area contributed by atoms with Crippen molar-refractivity contribution in [2.45, 2.75) is 26.3 Å². The van der Waals surface area contributed by atoms with Crippen LogP contribution in [0.2, 0.25) is 0 Å². The van der Waals surface area contributed by atoms with Crippen LogP contribution in [0.1, 0.15) is 24.0 Å². The van der Waals surface area contributed by atoms with Crippen molar-refractivity contribution < 1.29 is 0 Å². The van der Waals surface area contributed by atoms with Crippen LogP contribution in [0.5, 0.6) is 0 Å². The molecule has 0 atom stereocenters. The van der Waals surface area contributed by atoms with Gasteiger partial charge in [-0.1, -0.05) is 12.1 Å². The molecule has 1 fully saturated rings. The zero-order valence-corrected chi connectivity index (χ0v) is 8.79. The third-order valence-electron chi connectivity index (χ3n) is 3.04. The van der Waals surface area contributed by atoms with Gasteiger partial charge in [0, 0.05) is 25.3 Å². The Morgan fingerprint density at radius 2 is 2.00 bits per heavy atom. The molecule has 0 radical (unpaired) electrons. The van der Waals surface area contributed by atoms with E-state index < -0.39 is 0 Å². The molecule has 0 saturated carbocycles. The second-order valence-electron chi connectivity index (χ2n) is 3.97. The lowest BCUT2D eigenvalue weighted by Crippen LogP contribution is -2.20. The molecule has 0 aliphatic carbocycles. The van der Waals surface area contributed by atoms with E-state index in [2.05, 4.69) is 30.0 Å². The molecular weight excluding hydrogens is 172 g/mol. The molecule has 0 amide bonds. The van der Waals surface area contributed by atoms with E-state index >= 15 is 0 Å². The first-order valence-corrected chi connectivity index (χ1v) is 5.36. The number of benzene rings is 1. The van der Waals surface area contributed by atoms with Crippen molar-refractivity contribution in [3.05, 3.63) is 29.3 Å². The Bertz CT molecular complexity index is 314. The van der Waals surface area contributed by atoms with Crippen molar-refractivity contribution in [1.82, 2.24) is 0 Å². The van der Waals surface area contributed by atoms with Crippen LogP contribution in [0.3, 0.4) is 0 Å². The van der Waals surface area contributed by atoms with Gasteiger partial charge in [0.05, 0.1) is 0 Å². The quantitative estimate of drug-likeness (QED) is 0.773. The maximum atomic E-state index is 5.79. The normalized spacial score (nSPS) is 16.3. The molecule has 2 rings (SSSR count). The Labute approximate surface area is 85.7 Å². The molecule has 2 heteroatoms. The van der Waals surface area contributed by atoms with Crippen molar-refractivity contribution in [2.24, 2.45) is 5.73 Å². The number of rotatable bonds is 2. The van der Waals surface area contributed by atoms with Crippen LogP contribution in [0.15, 0.2) is 18.2 Å². The summed E-state index contributed by atoms with van der Waals surface area (Å²) >= 11 is 0. The lowest BCUT2D eigenvalue weighted by atomic mass is 10.1. The summed E-state index contributed by atoms with van der Waals surface area (Å²) in [5.74, 6) is 0. The molecule has 1 aliphatic rings. The Morgan fingerprint density at radius 1 is 1.29 bits per heavy atom. The van der Waals surface area contributed by atoms with Gasteiger partial charge in [0.25, 0.3) is 0 Å². The number of hydrogen-bond donors (Lipinski definition) is 1. The van der Waals surface area contributed by atoms with E-state index in [-0.39, 0.29) is 0 Å². The minimum Gasteiger partial charge on any atom is -0.371 e. The fourth-order valence-corrected chi connectivity index (χ4v) is 2.21. The van der Waals surface area contributed by atoms with E-state index in [1.54, 1.807) is 0 Å². The molecular formula is C12H18N2. The number of hydrogen-bond acceptors (Lipinski definition) is 2. The second-order valence-corrected chi connectivity index (χ2v) is 3.97. The van der Waals surface area contributed by atoms with E-state index in [1.165, 1.54) is 42.7 Å². The van der Waals surface area contributed by atoms with Gasteiger partial charge >= 0.3 is 0 Å². The monoisotopic (exact) mass is 190 g/mol. The summed E-state index contributed by atoms with van der Waals surface area (Å²) in [6, 6.07) is 6.46. The highest BCUT2D eigenvalue weighted by Gasteiger charge is 2.15. The molecule has 2 nitrogen and oxygen atoms in total. The Balaban J connectivity index is 2.35. The number of anilines is 1. The first-order valence-electron chi connectivity index (χ1n) is 5.36. The molecule has 0 aromatic heterocycles. The first kappa shape index (κ1) is 9.53. The van der Waals surface area contributed by atoms with E-state index in [0.717, 1.165) is 0 Å². The maximum Gasteiger partial charge on any atom is 0.0414 e. The van der Waals surface area contributed by atoms with Crippen molar-refractivity contribution in [3.63, 3.8) is 0 Å². The second kappa shape index (κ2) is 4.01. The maximum absolute atomic E-state index is 5.79. The van der Waals surface area contributed by atoms with E-state index in [1.807, 2.05) is 0 Å². The van der Waals surface area contributed by atoms with Gasteiger partial charge < -0.3 is 10.6 Å². The molecule has 14 heavy (non-hydrogen) atoms. The average molecular weight is 190 g/mol. The summed E-state index contributed by atoms with van der Waals surface area (Å²) in [4.78, 5) is 2.45. The smallest absolute Gasteiger partial charge is 0.0414 e. The summed E-state index contributed by atoms with van der Waals surface area (Å²) in [6.45, 7) is 5.17. The van der Waals surface area contributed by atoms with Gasteiger partial charge in [0.2, 0.25) is 0 Å². The zero-order valence-electron chi connectivity index (χ0n) is 8.79. The van der Waals surface area contributed by atoms with Crippen molar-refractivity contribution in [2.75, 3.05) is 18.0 Å². The lowest BCUT2D eigenvalue weighted by molar-refractivity contribution is 0.934. The molecule has 0 bridgehead atoms. The molecule has 1 heterocycles. The summed E-state index contributed by atoms with van der Waals surface area (Å²) in [5, 5.41) is 0. The fourth-order valence-electron chi connectivity index (χ4n) is 2.21. The predicted molar refractivity (Wildman–Crippen MR) is 60.5 cm³/mol. The molecule has 1 aliphatic heterocycles. The first-order chi connectivity index (χ1) is 6.83. The Kier molecular flexibility index (Phi) is 2.73. The fraction of sp³-hybridized carbons (Fsp3) is 0.500. The summed E-state index contributed by atoms with van der Waals surface area (Å²) < 4.78 is 0. The number of nitrogens with zero attached hydrogens (tertiary/aromatic N) is 1. The van der Waals surface area contributed by atoms with Crippen LogP contribution in [0.25, 0.3) is 0 Å². The van der Waals surface area contributed by atoms with Gasteiger partial charge in [-0.3, -0.25) is 0 Å². The minimum absolute atomic E-state index is 0.651. The zero-order chi connectivity index (χ0) is 9.97. The van der Waals surface area contributed by atoms with E-state index in [0.29, 0.717) is 6.54 Å².